The Morgan fingerprint density at radius 1 is 0.852 bits per heavy atom. The zero-order valence-corrected chi connectivity index (χ0v) is 14.6. The number of carbonyl (C=O) groups excluding carboxylic acids is 1. The molecule has 0 aromatic carbocycles. The fourth-order valence-corrected chi connectivity index (χ4v) is 2.61. The van der Waals surface area contributed by atoms with Crippen LogP contribution in [0, 0.1) is 0 Å². The Balaban J connectivity index is 0.000000277. The van der Waals surface area contributed by atoms with Gasteiger partial charge in [-0.1, -0.05) is 0 Å². The van der Waals surface area contributed by atoms with Crippen molar-refractivity contribution >= 4 is 5.91 Å². The van der Waals surface area contributed by atoms with Crippen molar-refractivity contribution in [2.45, 2.75) is 68.2 Å². The Morgan fingerprint density at radius 3 is 1.74 bits per heavy atom. The summed E-state index contributed by atoms with van der Waals surface area (Å²) in [5.74, 6) is -0.462. The molecule has 0 aliphatic carbocycles. The predicted molar refractivity (Wildman–Crippen MR) is 85.5 cm³/mol. The summed E-state index contributed by atoms with van der Waals surface area (Å²) in [6, 6.07) is -2.14. The van der Waals surface area contributed by atoms with Gasteiger partial charge < -0.3 is 61.4 Å². The minimum atomic E-state index is -1.45. The van der Waals surface area contributed by atoms with Crippen molar-refractivity contribution in [1.82, 2.24) is 5.32 Å². The molecule has 1 amide bonds. The second-order valence-corrected chi connectivity index (χ2v) is 6.26. The minimum absolute atomic E-state index is 0.462. The molecular weight excluding hydrogens is 372 g/mol. The van der Waals surface area contributed by atoms with Crippen LogP contribution in [0.4, 0.5) is 0 Å². The summed E-state index contributed by atoms with van der Waals surface area (Å²) in [4.78, 5) is 10.7. The first-order chi connectivity index (χ1) is 12.5. The van der Waals surface area contributed by atoms with Crippen molar-refractivity contribution in [3.05, 3.63) is 0 Å². The number of carbonyl (C=O) groups is 1. The maximum Gasteiger partial charge on any atom is 0.217 e. The molecule has 13 heteroatoms. The predicted octanol–water partition coefficient (Wildman–Crippen LogP) is -6.33. The van der Waals surface area contributed by atoms with Crippen molar-refractivity contribution in [1.29, 1.82) is 0 Å². The summed E-state index contributed by atoms with van der Waals surface area (Å²) < 4.78 is 9.51. The molecular formula is C14H28N2O11. The first-order valence-electron chi connectivity index (χ1n) is 8.18. The van der Waals surface area contributed by atoms with E-state index in [0.717, 1.165) is 0 Å². The van der Waals surface area contributed by atoms with E-state index in [1.807, 2.05) is 0 Å². The average molecular weight is 400 g/mol. The smallest absolute Gasteiger partial charge is 0.217 e. The Morgan fingerprint density at radius 2 is 1.30 bits per heavy atom. The lowest BCUT2D eigenvalue weighted by Crippen LogP contribution is -2.63. The van der Waals surface area contributed by atoms with E-state index in [2.05, 4.69) is 5.32 Å². The molecule has 2 aliphatic rings. The zero-order chi connectivity index (χ0) is 20.9. The minimum Gasteiger partial charge on any atom is -0.394 e. The molecule has 11 N–H and O–H groups in total. The molecule has 0 spiro atoms. The summed E-state index contributed by atoms with van der Waals surface area (Å²) in [5, 5.41) is 75.5. The number of nitrogens with two attached hydrogens (primary N) is 1. The highest BCUT2D eigenvalue weighted by atomic mass is 16.6. The van der Waals surface area contributed by atoms with Gasteiger partial charge in [-0.05, 0) is 0 Å². The molecule has 2 saturated heterocycles. The van der Waals surface area contributed by atoms with E-state index >= 15 is 0 Å². The van der Waals surface area contributed by atoms with Crippen LogP contribution in [-0.4, -0.2) is 121 Å². The van der Waals surface area contributed by atoms with Gasteiger partial charge in [0, 0.05) is 6.92 Å². The molecule has 0 aromatic rings. The van der Waals surface area contributed by atoms with Gasteiger partial charge in [0.25, 0.3) is 0 Å². The van der Waals surface area contributed by atoms with Crippen LogP contribution < -0.4 is 11.1 Å². The third-order valence-corrected chi connectivity index (χ3v) is 4.22. The number of aliphatic hydroxyl groups excluding tert-OH is 8. The van der Waals surface area contributed by atoms with Gasteiger partial charge in [-0.15, -0.1) is 0 Å². The van der Waals surface area contributed by atoms with Gasteiger partial charge >= 0.3 is 0 Å². The van der Waals surface area contributed by atoms with E-state index in [4.69, 9.17) is 30.5 Å². The highest BCUT2D eigenvalue weighted by Gasteiger charge is 2.44. The maximum atomic E-state index is 10.7. The maximum absolute atomic E-state index is 10.7. The molecule has 2 unspecified atom stereocenters. The van der Waals surface area contributed by atoms with Gasteiger partial charge in [0.1, 0.15) is 42.7 Å². The molecule has 2 aliphatic heterocycles. The summed E-state index contributed by atoms with van der Waals surface area (Å²) in [5.41, 5.74) is 5.26. The fraction of sp³-hybridized carbons (Fsp3) is 0.929. The van der Waals surface area contributed by atoms with Crippen LogP contribution in [0.1, 0.15) is 6.92 Å². The molecule has 10 atom stereocenters. The number of amides is 1. The van der Waals surface area contributed by atoms with Crippen molar-refractivity contribution in [2.24, 2.45) is 5.73 Å². The van der Waals surface area contributed by atoms with Crippen LogP contribution in [0.5, 0.6) is 0 Å². The molecule has 2 rings (SSSR count). The number of hydrogen-bond acceptors (Lipinski definition) is 12. The molecule has 13 nitrogen and oxygen atoms in total. The standard InChI is InChI=1S/C8H15NO6.C6H13NO5/c1-3(11)9-5-7(13)6(12)4(2-10)15-8(5)14;7-3-5(10)4(9)2(1-8)12-6(3)11/h4-8,10,12-14H,2H2,1H3,(H,9,11);2-6,8-11H,1,7H2/t4-,5-,6-,7-,8?;2-,3-,4+,5-,6?/m11/s1. The Kier molecular flexibility index (Phi) is 9.40. The lowest BCUT2D eigenvalue weighted by Gasteiger charge is -2.40. The van der Waals surface area contributed by atoms with Crippen LogP contribution in [-0.2, 0) is 14.3 Å². The molecule has 0 aromatic heterocycles. The van der Waals surface area contributed by atoms with Crippen molar-refractivity contribution < 1.29 is 55.1 Å². The van der Waals surface area contributed by atoms with Crippen LogP contribution in [0.25, 0.3) is 0 Å². The van der Waals surface area contributed by atoms with Crippen LogP contribution >= 0.6 is 0 Å². The van der Waals surface area contributed by atoms with Gasteiger partial charge in [-0.25, -0.2) is 0 Å². The van der Waals surface area contributed by atoms with Crippen LogP contribution in [0.15, 0.2) is 0 Å². The van der Waals surface area contributed by atoms with E-state index in [0.29, 0.717) is 0 Å². The van der Waals surface area contributed by atoms with Gasteiger partial charge in [0.2, 0.25) is 5.91 Å². The molecule has 27 heavy (non-hydrogen) atoms. The SMILES string of the molecule is CC(=O)N[C@H]1C(O)O[C@H](CO)[C@@H](O)[C@@H]1O.N[C@H]1C(O)O[C@H](CO)[C@H](O)[C@@H]1O. The van der Waals surface area contributed by atoms with Crippen molar-refractivity contribution in [3.63, 3.8) is 0 Å². The number of hydrogen-bond donors (Lipinski definition) is 10. The second-order valence-electron chi connectivity index (χ2n) is 6.26. The molecule has 2 heterocycles. The highest BCUT2D eigenvalue weighted by molar-refractivity contribution is 5.73. The summed E-state index contributed by atoms with van der Waals surface area (Å²) in [6.07, 6.45) is -10.1. The largest absolute Gasteiger partial charge is 0.394 e. The van der Waals surface area contributed by atoms with E-state index in [1.165, 1.54) is 6.92 Å². The van der Waals surface area contributed by atoms with E-state index in [-0.39, 0.29) is 0 Å². The monoisotopic (exact) mass is 400 g/mol. The third kappa shape index (κ3) is 6.00. The summed E-state index contributed by atoms with van der Waals surface area (Å²) in [6.45, 7) is 0.216. The van der Waals surface area contributed by atoms with Gasteiger partial charge in [-0.3, -0.25) is 4.79 Å². The van der Waals surface area contributed by atoms with E-state index < -0.39 is 80.4 Å². The van der Waals surface area contributed by atoms with Crippen LogP contribution in [0.3, 0.4) is 0 Å². The first kappa shape index (κ1) is 24.1. The van der Waals surface area contributed by atoms with Crippen molar-refractivity contribution in [2.75, 3.05) is 13.2 Å². The zero-order valence-electron chi connectivity index (χ0n) is 14.6. The number of rotatable bonds is 3. The van der Waals surface area contributed by atoms with E-state index in [1.54, 1.807) is 0 Å². The van der Waals surface area contributed by atoms with E-state index in [9.17, 15) is 30.3 Å². The number of aliphatic hydroxyl groups is 8. The molecule has 0 saturated carbocycles. The van der Waals surface area contributed by atoms with Gasteiger partial charge in [0.15, 0.2) is 12.6 Å². The lowest BCUT2D eigenvalue weighted by atomic mass is 9.97. The summed E-state index contributed by atoms with van der Waals surface area (Å²) >= 11 is 0. The Labute approximate surface area is 154 Å². The number of nitrogens with one attached hydrogen (secondary N) is 1. The quantitative estimate of drug-likeness (QED) is 0.213. The number of ether oxygens (including phenoxy) is 2. The van der Waals surface area contributed by atoms with Gasteiger partial charge in [-0.2, -0.15) is 0 Å². The average Bonchev–Trinajstić information content (AvgIpc) is 2.63. The summed E-state index contributed by atoms with van der Waals surface area (Å²) in [7, 11) is 0. The molecule has 160 valence electrons. The molecule has 2 fully saturated rings. The Bertz CT molecular complexity index is 466. The van der Waals surface area contributed by atoms with Crippen molar-refractivity contribution in [3.8, 4) is 0 Å². The fourth-order valence-electron chi connectivity index (χ4n) is 2.61. The Hall–Kier alpha value is -0.970. The molecule has 0 bridgehead atoms. The van der Waals surface area contributed by atoms with Gasteiger partial charge in [0.05, 0.1) is 19.3 Å². The third-order valence-electron chi connectivity index (χ3n) is 4.22. The normalized spacial score (nSPS) is 44.8. The molecule has 0 radical (unpaired) electrons. The lowest BCUT2D eigenvalue weighted by molar-refractivity contribution is -0.253. The van der Waals surface area contributed by atoms with Crippen LogP contribution in [0.2, 0.25) is 0 Å². The topological polar surface area (TPSA) is 235 Å². The second kappa shape index (κ2) is 10.5. The highest BCUT2D eigenvalue weighted by Crippen LogP contribution is 2.19. The first-order valence-corrected chi connectivity index (χ1v) is 8.18.